The van der Waals surface area contributed by atoms with E-state index in [0.29, 0.717) is 21.8 Å². The van der Waals surface area contributed by atoms with E-state index in [1.807, 2.05) is 19.9 Å². The van der Waals surface area contributed by atoms with Crippen LogP contribution in [0.25, 0.3) is 0 Å². The number of anilines is 2. The predicted molar refractivity (Wildman–Crippen MR) is 113 cm³/mol. The number of hydrogen-bond acceptors (Lipinski definition) is 7. The number of benzene rings is 1. The van der Waals surface area contributed by atoms with Gasteiger partial charge in [-0.15, -0.1) is 0 Å². The summed E-state index contributed by atoms with van der Waals surface area (Å²) in [6.45, 7) is 3.83. The number of carbonyl (C=O) groups excluding carboxylic acids is 2. The molecule has 2 aliphatic rings. The Kier molecular flexibility index (Phi) is 4.97. The van der Waals surface area contributed by atoms with E-state index < -0.39 is 5.25 Å². The summed E-state index contributed by atoms with van der Waals surface area (Å²) < 4.78 is 0. The maximum absolute atomic E-state index is 13.1. The normalized spacial score (nSPS) is 18.4. The van der Waals surface area contributed by atoms with E-state index in [-0.39, 0.29) is 35.5 Å². The molecular formula is C22H19N5O2S. The van der Waals surface area contributed by atoms with Crippen molar-refractivity contribution in [1.82, 2.24) is 4.98 Å². The molecule has 2 N–H and O–H groups in total. The first-order valence-corrected chi connectivity index (χ1v) is 10.5. The Labute approximate surface area is 178 Å². The summed E-state index contributed by atoms with van der Waals surface area (Å²) in [4.78, 5) is 31.2. The number of pyridine rings is 1. The van der Waals surface area contributed by atoms with Crippen LogP contribution in [0.15, 0.2) is 23.2 Å². The highest BCUT2D eigenvalue weighted by Crippen LogP contribution is 2.47. The van der Waals surface area contributed by atoms with Gasteiger partial charge in [0.25, 0.3) is 0 Å². The minimum atomic E-state index is -0.697. The maximum atomic E-state index is 13.1. The summed E-state index contributed by atoms with van der Waals surface area (Å²) in [6, 6.07) is 9.79. The Balaban J connectivity index is 1.69. The van der Waals surface area contributed by atoms with E-state index in [1.165, 1.54) is 4.90 Å². The van der Waals surface area contributed by atoms with Crippen LogP contribution in [0.5, 0.6) is 0 Å². The second kappa shape index (κ2) is 7.47. The minimum absolute atomic E-state index is 0.0156. The SMILES string of the molecule is Cc1cc(C)cc(N2C(=O)CC(Sc3nc(N)c(C#N)c(C4CC4)c3C#N)C2=O)c1. The first-order valence-electron chi connectivity index (χ1n) is 9.59. The minimum Gasteiger partial charge on any atom is -0.383 e. The van der Waals surface area contributed by atoms with Crippen molar-refractivity contribution in [2.75, 3.05) is 10.6 Å². The quantitative estimate of drug-likeness (QED) is 0.757. The van der Waals surface area contributed by atoms with Gasteiger partial charge >= 0.3 is 0 Å². The molecule has 2 heterocycles. The van der Waals surface area contributed by atoms with Crippen molar-refractivity contribution in [2.45, 2.75) is 49.3 Å². The second-order valence-electron chi connectivity index (χ2n) is 7.69. The summed E-state index contributed by atoms with van der Waals surface area (Å²) in [5, 5.41) is 18.8. The van der Waals surface area contributed by atoms with Crippen LogP contribution in [0.3, 0.4) is 0 Å². The number of carbonyl (C=O) groups is 2. The van der Waals surface area contributed by atoms with Crippen molar-refractivity contribution in [3.63, 3.8) is 0 Å². The maximum Gasteiger partial charge on any atom is 0.247 e. The third-order valence-corrected chi connectivity index (χ3v) is 6.44. The number of aryl methyl sites for hydroxylation is 2. The molecule has 1 saturated carbocycles. The van der Waals surface area contributed by atoms with Gasteiger partial charge in [-0.05, 0) is 61.4 Å². The van der Waals surface area contributed by atoms with Crippen molar-refractivity contribution < 1.29 is 9.59 Å². The van der Waals surface area contributed by atoms with Crippen LogP contribution in [-0.4, -0.2) is 22.0 Å². The molecule has 150 valence electrons. The van der Waals surface area contributed by atoms with Gasteiger partial charge < -0.3 is 5.73 Å². The molecule has 8 heteroatoms. The smallest absolute Gasteiger partial charge is 0.247 e. The van der Waals surface area contributed by atoms with Gasteiger partial charge in [-0.3, -0.25) is 9.59 Å². The molecule has 1 aliphatic carbocycles. The van der Waals surface area contributed by atoms with Crippen LogP contribution >= 0.6 is 11.8 Å². The van der Waals surface area contributed by atoms with Crippen LogP contribution in [0.2, 0.25) is 0 Å². The summed E-state index contributed by atoms with van der Waals surface area (Å²) in [5.74, 6) is -0.447. The average Bonchev–Trinajstić information content (AvgIpc) is 3.47. The van der Waals surface area contributed by atoms with Crippen LogP contribution in [0.1, 0.15) is 53.0 Å². The van der Waals surface area contributed by atoms with Gasteiger partial charge in [0.2, 0.25) is 11.8 Å². The van der Waals surface area contributed by atoms with Gasteiger partial charge in [-0.1, -0.05) is 17.8 Å². The fourth-order valence-corrected chi connectivity index (χ4v) is 5.00. The lowest BCUT2D eigenvalue weighted by Gasteiger charge is -2.17. The number of thioether (sulfide) groups is 1. The number of rotatable bonds is 4. The third-order valence-electron chi connectivity index (χ3n) is 5.26. The number of imide groups is 1. The first-order chi connectivity index (χ1) is 14.3. The zero-order valence-electron chi connectivity index (χ0n) is 16.6. The molecule has 1 atom stereocenters. The third kappa shape index (κ3) is 3.40. The Morgan fingerprint density at radius 2 is 1.73 bits per heavy atom. The first kappa shape index (κ1) is 19.9. The van der Waals surface area contributed by atoms with Gasteiger partial charge in [0.15, 0.2) is 0 Å². The zero-order valence-corrected chi connectivity index (χ0v) is 17.4. The molecular weight excluding hydrogens is 398 g/mol. The number of nitrogen functional groups attached to an aromatic ring is 1. The molecule has 0 radical (unpaired) electrons. The molecule has 0 bridgehead atoms. The lowest BCUT2D eigenvalue weighted by molar-refractivity contribution is -0.121. The number of nitrogens with two attached hydrogens (primary N) is 1. The van der Waals surface area contributed by atoms with Gasteiger partial charge in [0, 0.05) is 6.42 Å². The molecule has 2 fully saturated rings. The average molecular weight is 417 g/mol. The zero-order chi connectivity index (χ0) is 21.6. The Bertz CT molecular complexity index is 1150. The van der Waals surface area contributed by atoms with Crippen molar-refractivity contribution in [2.24, 2.45) is 0 Å². The molecule has 7 nitrogen and oxygen atoms in total. The van der Waals surface area contributed by atoms with Gasteiger partial charge in [0.05, 0.1) is 22.1 Å². The number of nitrogens with zero attached hydrogens (tertiary/aromatic N) is 4. The molecule has 1 saturated heterocycles. The fourth-order valence-electron chi connectivity index (χ4n) is 3.87. The standard InChI is InChI=1S/C22H19N5O2S/c1-11-5-12(2)7-14(6-11)27-18(28)8-17(22(27)29)30-21-16(10-24)19(13-3-4-13)15(9-23)20(25)26-21/h5-7,13,17H,3-4,8H2,1-2H3,(H2,25,26). The molecule has 1 aromatic carbocycles. The highest BCUT2D eigenvalue weighted by molar-refractivity contribution is 8.00. The molecule has 30 heavy (non-hydrogen) atoms. The van der Waals surface area contributed by atoms with Crippen LogP contribution < -0.4 is 10.6 Å². The summed E-state index contributed by atoms with van der Waals surface area (Å²) in [6.07, 6.45) is 1.79. The highest BCUT2D eigenvalue weighted by atomic mass is 32.2. The van der Waals surface area contributed by atoms with Crippen molar-refractivity contribution in [1.29, 1.82) is 10.5 Å². The number of aromatic nitrogens is 1. The Hall–Kier alpha value is -3.36. The van der Waals surface area contributed by atoms with Crippen molar-refractivity contribution >= 4 is 35.1 Å². The number of nitriles is 2. The molecule has 2 aromatic rings. The van der Waals surface area contributed by atoms with Crippen molar-refractivity contribution in [3.8, 4) is 12.1 Å². The Morgan fingerprint density at radius 1 is 1.10 bits per heavy atom. The van der Waals surface area contributed by atoms with E-state index in [9.17, 15) is 20.1 Å². The van der Waals surface area contributed by atoms with E-state index in [2.05, 4.69) is 17.1 Å². The lowest BCUT2D eigenvalue weighted by atomic mass is 10.0. The van der Waals surface area contributed by atoms with Crippen LogP contribution in [0, 0.1) is 36.5 Å². The monoisotopic (exact) mass is 417 g/mol. The van der Waals surface area contributed by atoms with Gasteiger partial charge in [0.1, 0.15) is 23.0 Å². The summed E-state index contributed by atoms with van der Waals surface area (Å²) in [7, 11) is 0. The topological polar surface area (TPSA) is 124 Å². The summed E-state index contributed by atoms with van der Waals surface area (Å²) >= 11 is 1.08. The van der Waals surface area contributed by atoms with Crippen molar-refractivity contribution in [3.05, 3.63) is 46.0 Å². The molecule has 4 rings (SSSR count). The number of hydrogen-bond donors (Lipinski definition) is 1. The van der Waals surface area contributed by atoms with E-state index in [0.717, 1.165) is 35.7 Å². The fraction of sp³-hybridized carbons (Fsp3) is 0.318. The largest absolute Gasteiger partial charge is 0.383 e. The Morgan fingerprint density at radius 3 is 2.30 bits per heavy atom. The lowest BCUT2D eigenvalue weighted by Crippen LogP contribution is -2.31. The molecule has 1 unspecified atom stereocenters. The van der Waals surface area contributed by atoms with Gasteiger partial charge in [-0.2, -0.15) is 10.5 Å². The van der Waals surface area contributed by atoms with E-state index >= 15 is 0 Å². The summed E-state index contributed by atoms with van der Waals surface area (Å²) in [5.41, 5.74) is 9.62. The van der Waals surface area contributed by atoms with E-state index in [1.54, 1.807) is 12.1 Å². The van der Waals surface area contributed by atoms with Gasteiger partial charge in [-0.25, -0.2) is 9.88 Å². The second-order valence-corrected chi connectivity index (χ2v) is 8.88. The number of amides is 2. The van der Waals surface area contributed by atoms with Crippen LogP contribution in [-0.2, 0) is 9.59 Å². The highest BCUT2D eigenvalue weighted by Gasteiger charge is 2.42. The predicted octanol–water partition coefficient (Wildman–Crippen LogP) is 3.33. The van der Waals surface area contributed by atoms with E-state index in [4.69, 9.17) is 5.73 Å². The molecule has 2 amide bonds. The molecule has 1 aliphatic heterocycles. The molecule has 1 aromatic heterocycles. The van der Waals surface area contributed by atoms with Crippen LogP contribution in [0.4, 0.5) is 11.5 Å². The molecule has 0 spiro atoms.